The average Bonchev–Trinajstić information content (AvgIpc) is 3.31. The van der Waals surface area contributed by atoms with Crippen molar-refractivity contribution in [1.82, 2.24) is 14.9 Å². The van der Waals surface area contributed by atoms with Crippen LogP contribution in [0.3, 0.4) is 0 Å². The fourth-order valence-electron chi connectivity index (χ4n) is 5.11. The summed E-state index contributed by atoms with van der Waals surface area (Å²) in [6.45, 7) is 10.4. The molecule has 0 saturated carbocycles. The molecule has 1 aliphatic heterocycles. The molecule has 8 nitrogen and oxygen atoms in total. The summed E-state index contributed by atoms with van der Waals surface area (Å²) in [6, 6.07) is 10.2. The molecule has 1 fully saturated rings. The molecule has 0 radical (unpaired) electrons. The smallest absolute Gasteiger partial charge is 0.407 e. The molecular formula is C28H37BrN4O4. The number of carbonyl (C=O) groups is 1. The van der Waals surface area contributed by atoms with E-state index in [9.17, 15) is 15.0 Å². The molecule has 1 aliphatic rings. The lowest BCUT2D eigenvalue weighted by Gasteiger charge is -2.38. The van der Waals surface area contributed by atoms with Gasteiger partial charge in [0.15, 0.2) is 0 Å². The van der Waals surface area contributed by atoms with Gasteiger partial charge in [-0.1, -0.05) is 33.3 Å². The van der Waals surface area contributed by atoms with Gasteiger partial charge in [-0.3, -0.25) is 4.98 Å². The zero-order valence-electron chi connectivity index (χ0n) is 22.2. The van der Waals surface area contributed by atoms with Gasteiger partial charge in [0, 0.05) is 60.9 Å². The van der Waals surface area contributed by atoms with E-state index in [-0.39, 0.29) is 11.5 Å². The zero-order chi connectivity index (χ0) is 27.0. The zero-order valence-corrected chi connectivity index (χ0v) is 23.8. The number of aliphatic hydroxyl groups is 1. The highest BCUT2D eigenvalue weighted by Gasteiger charge is 2.42. The van der Waals surface area contributed by atoms with Gasteiger partial charge in [-0.25, -0.2) is 4.79 Å². The Morgan fingerprint density at radius 1 is 1.22 bits per heavy atom. The van der Waals surface area contributed by atoms with Crippen LogP contribution in [0.4, 0.5) is 10.5 Å². The summed E-state index contributed by atoms with van der Waals surface area (Å²) in [6.07, 6.45) is 2.60. The molecule has 9 heteroatoms. The summed E-state index contributed by atoms with van der Waals surface area (Å²) in [5.41, 5.74) is 5.05. The monoisotopic (exact) mass is 572 g/mol. The van der Waals surface area contributed by atoms with Gasteiger partial charge in [0.25, 0.3) is 0 Å². The first kappa shape index (κ1) is 27.4. The Kier molecular flexibility index (Phi) is 7.88. The van der Waals surface area contributed by atoms with Crippen LogP contribution in [0.25, 0.3) is 22.2 Å². The number of pyridine rings is 1. The van der Waals surface area contributed by atoms with Crippen molar-refractivity contribution in [1.29, 1.82) is 0 Å². The fourth-order valence-corrected chi connectivity index (χ4v) is 5.55. The van der Waals surface area contributed by atoms with Crippen molar-refractivity contribution in [3.63, 3.8) is 0 Å². The number of anilines is 1. The summed E-state index contributed by atoms with van der Waals surface area (Å²) >= 11 is 3.63. The highest BCUT2D eigenvalue weighted by molar-refractivity contribution is 9.09. The Morgan fingerprint density at radius 2 is 1.92 bits per heavy atom. The van der Waals surface area contributed by atoms with Crippen molar-refractivity contribution < 1.29 is 19.7 Å². The lowest BCUT2D eigenvalue weighted by molar-refractivity contribution is 0.0136. The molecule has 200 valence electrons. The third-order valence-electron chi connectivity index (χ3n) is 7.62. The van der Waals surface area contributed by atoms with E-state index in [0.717, 1.165) is 51.9 Å². The molecule has 3 heterocycles. The van der Waals surface area contributed by atoms with E-state index in [1.165, 1.54) is 4.90 Å². The van der Waals surface area contributed by atoms with Crippen LogP contribution in [-0.4, -0.2) is 64.5 Å². The number of H-pyrrole nitrogens is 1. The van der Waals surface area contributed by atoms with Crippen LogP contribution in [0.2, 0.25) is 0 Å². The largest absolute Gasteiger partial charge is 0.465 e. The molecule has 1 saturated heterocycles. The fraction of sp³-hybridized carbons (Fsp3) is 0.500. The summed E-state index contributed by atoms with van der Waals surface area (Å²) in [4.78, 5) is 23.2. The molecule has 4 rings (SSSR count). The molecule has 1 aromatic carbocycles. The topological polar surface area (TPSA) is 102 Å². The first-order chi connectivity index (χ1) is 17.5. The normalized spacial score (nSPS) is 17.2. The number of rotatable bonds is 8. The van der Waals surface area contributed by atoms with Gasteiger partial charge in [0.1, 0.15) is 4.51 Å². The number of ether oxygens (including phenoxy) is 1. The van der Waals surface area contributed by atoms with E-state index in [2.05, 4.69) is 58.7 Å². The molecule has 0 aliphatic carbocycles. The summed E-state index contributed by atoms with van der Waals surface area (Å²) in [7, 11) is 1.67. The molecule has 3 N–H and O–H groups in total. The minimum atomic E-state index is -1.16. The number of hydrogen-bond donors (Lipinski definition) is 3. The van der Waals surface area contributed by atoms with Crippen molar-refractivity contribution in [3.8, 4) is 11.3 Å². The van der Waals surface area contributed by atoms with Crippen LogP contribution in [0.15, 0.2) is 36.5 Å². The van der Waals surface area contributed by atoms with Crippen molar-refractivity contribution >= 4 is 38.6 Å². The van der Waals surface area contributed by atoms with Gasteiger partial charge in [0.2, 0.25) is 0 Å². The molecule has 37 heavy (non-hydrogen) atoms. The Morgan fingerprint density at radius 3 is 2.54 bits per heavy atom. The maximum absolute atomic E-state index is 11.4. The van der Waals surface area contributed by atoms with Gasteiger partial charge in [-0.15, -0.1) is 0 Å². The SMILES string of the molecule is CCCC(C)(C)[C@](O)(Br)c1ccc2[nH]c(-c3cc(N4CCN(C(=O)O)CC4)cnc3[C@H](C)OC)cc2c1. The van der Waals surface area contributed by atoms with Crippen molar-refractivity contribution in [2.45, 2.75) is 51.2 Å². The summed E-state index contributed by atoms with van der Waals surface area (Å²) in [5.74, 6) is 0. The summed E-state index contributed by atoms with van der Waals surface area (Å²) in [5, 5.41) is 21.7. The second-order valence-electron chi connectivity index (χ2n) is 10.5. The third-order valence-corrected chi connectivity index (χ3v) is 9.15. The number of benzene rings is 1. The molecule has 0 bridgehead atoms. The minimum Gasteiger partial charge on any atom is -0.465 e. The van der Waals surface area contributed by atoms with Gasteiger partial charge in [-0.2, -0.15) is 0 Å². The quantitative estimate of drug-likeness (QED) is 0.282. The number of alkyl halides is 1. The number of aromatic amines is 1. The van der Waals surface area contributed by atoms with Gasteiger partial charge in [-0.05, 0) is 59.1 Å². The maximum Gasteiger partial charge on any atom is 0.407 e. The molecule has 3 aromatic rings. The van der Waals surface area contributed by atoms with Crippen LogP contribution >= 0.6 is 15.9 Å². The lowest BCUT2D eigenvalue weighted by Crippen LogP contribution is -2.48. The first-order valence-corrected chi connectivity index (χ1v) is 13.6. The van der Waals surface area contributed by atoms with E-state index in [4.69, 9.17) is 9.72 Å². The van der Waals surface area contributed by atoms with Crippen molar-refractivity contribution in [2.24, 2.45) is 5.41 Å². The predicted octanol–water partition coefficient (Wildman–Crippen LogP) is 6.10. The summed E-state index contributed by atoms with van der Waals surface area (Å²) < 4.78 is 4.47. The number of methoxy groups -OCH3 is 1. The minimum absolute atomic E-state index is 0.211. The van der Waals surface area contributed by atoms with Crippen molar-refractivity contribution in [2.75, 3.05) is 38.2 Å². The average molecular weight is 574 g/mol. The van der Waals surface area contributed by atoms with Crippen LogP contribution in [0.1, 0.15) is 57.9 Å². The number of piperazine rings is 1. The maximum atomic E-state index is 11.4. The molecule has 2 aromatic heterocycles. The molecule has 1 amide bonds. The van der Waals surface area contributed by atoms with E-state index in [1.807, 2.05) is 31.3 Å². The third kappa shape index (κ3) is 5.35. The predicted molar refractivity (Wildman–Crippen MR) is 150 cm³/mol. The molecule has 0 unspecified atom stereocenters. The highest BCUT2D eigenvalue weighted by Crippen LogP contribution is 2.48. The lowest BCUT2D eigenvalue weighted by atomic mass is 9.78. The Balaban J connectivity index is 1.72. The number of nitrogens with one attached hydrogen (secondary N) is 1. The number of nitrogens with zero attached hydrogens (tertiary/aromatic N) is 3. The van der Waals surface area contributed by atoms with E-state index >= 15 is 0 Å². The molecule has 2 atom stereocenters. The molecule has 0 spiro atoms. The number of fused-ring (bicyclic) bond motifs is 1. The van der Waals surface area contributed by atoms with Crippen LogP contribution in [0.5, 0.6) is 0 Å². The Bertz CT molecular complexity index is 1260. The standard InChI is InChI=1S/C28H37BrN4O4/c1-6-9-27(3,4)28(29,36)20-7-8-23-19(14-20)15-24(31-23)22-16-21(17-30-25(22)18(2)37-5)32-10-12-33(13-11-32)26(34)35/h7-8,14-18,31,36H,6,9-13H2,1-5H3,(H,34,35)/t18-,28-/m0/s1. The van der Waals surface area contributed by atoms with E-state index < -0.39 is 10.6 Å². The van der Waals surface area contributed by atoms with Gasteiger partial charge in [0.05, 0.1) is 23.7 Å². The van der Waals surface area contributed by atoms with Gasteiger partial charge < -0.3 is 29.7 Å². The number of aromatic nitrogens is 2. The van der Waals surface area contributed by atoms with Crippen molar-refractivity contribution in [3.05, 3.63) is 47.8 Å². The van der Waals surface area contributed by atoms with E-state index in [1.54, 1.807) is 7.11 Å². The number of amides is 1. The molecular weight excluding hydrogens is 536 g/mol. The number of halogens is 1. The number of carboxylic acid groups (broad SMARTS) is 1. The van der Waals surface area contributed by atoms with Crippen LogP contribution in [-0.2, 0) is 9.25 Å². The Labute approximate surface area is 226 Å². The van der Waals surface area contributed by atoms with Crippen LogP contribution in [0, 0.1) is 5.41 Å². The second-order valence-corrected chi connectivity index (χ2v) is 11.6. The highest BCUT2D eigenvalue weighted by atomic mass is 79.9. The Hall–Kier alpha value is -2.62. The van der Waals surface area contributed by atoms with Crippen LogP contribution < -0.4 is 4.90 Å². The first-order valence-electron chi connectivity index (χ1n) is 12.8. The second kappa shape index (κ2) is 10.6. The van der Waals surface area contributed by atoms with E-state index in [0.29, 0.717) is 26.2 Å². The van der Waals surface area contributed by atoms with Gasteiger partial charge >= 0.3 is 6.09 Å². The number of hydrogen-bond acceptors (Lipinski definition) is 5.